The molecule has 1 aromatic heterocycles. The fraction of sp³-hybridized carbons (Fsp3) is 0.440. The summed E-state index contributed by atoms with van der Waals surface area (Å²) in [5.41, 5.74) is 3.49. The van der Waals surface area contributed by atoms with E-state index in [0.717, 1.165) is 30.4 Å². The monoisotopic (exact) mass is 405 g/mol. The van der Waals surface area contributed by atoms with Crippen LogP contribution in [0, 0.1) is 17.2 Å². The second-order valence-electron chi connectivity index (χ2n) is 7.15. The first-order valence-electron chi connectivity index (χ1n) is 10.9. The number of aliphatic imine (C=N–C) groups is 1. The van der Waals surface area contributed by atoms with Gasteiger partial charge in [0.05, 0.1) is 18.0 Å². The third-order valence-electron chi connectivity index (χ3n) is 5.03. The summed E-state index contributed by atoms with van der Waals surface area (Å²) in [5.74, 6) is -0.0823. The van der Waals surface area contributed by atoms with E-state index in [9.17, 15) is 10.1 Å². The number of fused-ring (bicyclic) bond motifs is 2. The van der Waals surface area contributed by atoms with Crippen LogP contribution in [0.4, 0.5) is 0 Å². The zero-order valence-corrected chi connectivity index (χ0v) is 18.4. The van der Waals surface area contributed by atoms with Crippen molar-refractivity contribution >= 4 is 23.5 Å². The van der Waals surface area contributed by atoms with Gasteiger partial charge in [0.15, 0.2) is 0 Å². The number of carbonyl (C=O) groups excluding carboxylic acids is 1. The summed E-state index contributed by atoms with van der Waals surface area (Å²) in [6.07, 6.45) is 12.3. The van der Waals surface area contributed by atoms with Crippen LogP contribution < -0.4 is 0 Å². The van der Waals surface area contributed by atoms with Crippen LogP contribution in [0.3, 0.4) is 0 Å². The Hall–Kier alpha value is -3.00. The highest BCUT2D eigenvalue weighted by molar-refractivity contribution is 6.12. The van der Waals surface area contributed by atoms with Crippen LogP contribution in [0.1, 0.15) is 71.1 Å². The van der Waals surface area contributed by atoms with Gasteiger partial charge in [-0.05, 0) is 18.4 Å². The van der Waals surface area contributed by atoms with Gasteiger partial charge < -0.3 is 4.74 Å². The standard InChI is InChI=1S/C23H25N3O2.C2H6/c1-3-4-8-16(2)11-14-28-23(27)19(15-24)20-17-9-5-6-12-25-21(17)22-18(20)10-7-13-26-22;1-2/h5,7,9-10,12-13,16H,3-4,6,8,11,14H2,1-2H3;1-2H3/b20-19+;. The molecule has 1 aliphatic carbocycles. The quantitative estimate of drug-likeness (QED) is 0.321. The van der Waals surface area contributed by atoms with E-state index in [2.05, 4.69) is 29.9 Å². The van der Waals surface area contributed by atoms with Crippen LogP contribution in [0.5, 0.6) is 0 Å². The molecule has 5 nitrogen and oxygen atoms in total. The van der Waals surface area contributed by atoms with Gasteiger partial charge in [0, 0.05) is 35.5 Å². The summed E-state index contributed by atoms with van der Waals surface area (Å²) >= 11 is 0. The summed E-state index contributed by atoms with van der Waals surface area (Å²) in [5, 5.41) is 9.75. The molecule has 0 N–H and O–H groups in total. The molecule has 0 saturated heterocycles. The molecular weight excluding hydrogens is 374 g/mol. The zero-order chi connectivity index (χ0) is 21.9. The van der Waals surface area contributed by atoms with E-state index in [0.29, 0.717) is 35.9 Å². The number of nitrogens with zero attached hydrogens (tertiary/aromatic N) is 3. The maximum absolute atomic E-state index is 12.7. The Kier molecular flexibility index (Phi) is 9.21. The molecule has 0 amide bonds. The minimum absolute atomic E-state index is 0.0159. The Morgan fingerprint density at radius 1 is 1.33 bits per heavy atom. The number of rotatable bonds is 7. The summed E-state index contributed by atoms with van der Waals surface area (Å²) in [6.45, 7) is 8.65. The van der Waals surface area contributed by atoms with Crippen molar-refractivity contribution in [2.45, 2.75) is 59.8 Å². The van der Waals surface area contributed by atoms with E-state index in [1.54, 1.807) is 12.3 Å². The molecule has 0 saturated carbocycles. The SMILES string of the molecule is CC.CCCCC(C)CCOC(=O)/C(C#N)=C1\C2=C(N=CCC=C2)c2ncccc21. The number of hydrogen-bond acceptors (Lipinski definition) is 5. The highest BCUT2D eigenvalue weighted by atomic mass is 16.5. The van der Waals surface area contributed by atoms with Crippen molar-refractivity contribution < 1.29 is 9.53 Å². The lowest BCUT2D eigenvalue weighted by atomic mass is 9.98. The van der Waals surface area contributed by atoms with E-state index >= 15 is 0 Å². The molecule has 1 aromatic rings. The van der Waals surface area contributed by atoms with Crippen LogP contribution >= 0.6 is 0 Å². The lowest BCUT2D eigenvalue weighted by molar-refractivity contribution is -0.138. The fourth-order valence-corrected chi connectivity index (χ4v) is 3.47. The molecule has 5 heteroatoms. The van der Waals surface area contributed by atoms with E-state index in [4.69, 9.17) is 4.74 Å². The molecule has 2 heterocycles. The number of hydrogen-bond donors (Lipinski definition) is 0. The number of esters is 1. The van der Waals surface area contributed by atoms with Crippen molar-refractivity contribution in [2.75, 3.05) is 6.61 Å². The molecule has 0 radical (unpaired) electrons. The molecule has 0 spiro atoms. The van der Waals surface area contributed by atoms with Gasteiger partial charge in [-0.1, -0.05) is 65.2 Å². The molecular formula is C25H31N3O2. The van der Waals surface area contributed by atoms with Crippen LogP contribution in [-0.4, -0.2) is 23.8 Å². The summed E-state index contributed by atoms with van der Waals surface area (Å²) in [6, 6.07) is 5.74. The third-order valence-corrected chi connectivity index (χ3v) is 5.03. The van der Waals surface area contributed by atoms with Gasteiger partial charge in [0.25, 0.3) is 0 Å². The van der Waals surface area contributed by atoms with Gasteiger partial charge in [0.1, 0.15) is 11.6 Å². The molecule has 0 aromatic carbocycles. The first-order valence-corrected chi connectivity index (χ1v) is 10.9. The van der Waals surface area contributed by atoms with Crippen molar-refractivity contribution in [3.05, 3.63) is 52.9 Å². The van der Waals surface area contributed by atoms with Crippen molar-refractivity contribution in [3.8, 4) is 6.07 Å². The molecule has 1 unspecified atom stereocenters. The Balaban J connectivity index is 0.00000155. The van der Waals surface area contributed by atoms with Crippen molar-refractivity contribution in [1.82, 2.24) is 4.98 Å². The van der Waals surface area contributed by atoms with Gasteiger partial charge in [-0.3, -0.25) is 9.98 Å². The number of aromatic nitrogens is 1. The molecule has 158 valence electrons. The van der Waals surface area contributed by atoms with Crippen molar-refractivity contribution in [2.24, 2.45) is 10.9 Å². The van der Waals surface area contributed by atoms with E-state index < -0.39 is 5.97 Å². The highest BCUT2D eigenvalue weighted by Gasteiger charge is 2.31. The van der Waals surface area contributed by atoms with Crippen LogP contribution in [0.15, 0.2) is 46.6 Å². The van der Waals surface area contributed by atoms with Crippen LogP contribution in [-0.2, 0) is 9.53 Å². The molecule has 0 bridgehead atoms. The second-order valence-corrected chi connectivity index (χ2v) is 7.15. The van der Waals surface area contributed by atoms with Crippen molar-refractivity contribution in [1.29, 1.82) is 5.26 Å². The van der Waals surface area contributed by atoms with E-state index in [1.807, 2.05) is 38.3 Å². The van der Waals surface area contributed by atoms with Crippen molar-refractivity contribution in [3.63, 3.8) is 0 Å². The lowest BCUT2D eigenvalue weighted by Crippen LogP contribution is -2.12. The molecule has 1 aliphatic heterocycles. The van der Waals surface area contributed by atoms with Gasteiger partial charge >= 0.3 is 5.97 Å². The molecule has 2 aliphatic rings. The molecule has 0 fully saturated rings. The van der Waals surface area contributed by atoms with Crippen LogP contribution in [0.2, 0.25) is 0 Å². The van der Waals surface area contributed by atoms with Crippen LogP contribution in [0.25, 0.3) is 11.3 Å². The van der Waals surface area contributed by atoms with Gasteiger partial charge in [-0.25, -0.2) is 4.79 Å². The highest BCUT2D eigenvalue weighted by Crippen LogP contribution is 2.43. The Bertz CT molecular complexity index is 917. The predicted octanol–water partition coefficient (Wildman–Crippen LogP) is 5.90. The number of allylic oxidation sites excluding steroid dienone is 4. The summed E-state index contributed by atoms with van der Waals surface area (Å²) < 4.78 is 5.46. The average Bonchev–Trinajstić information content (AvgIpc) is 2.92. The largest absolute Gasteiger partial charge is 0.462 e. The lowest BCUT2D eigenvalue weighted by Gasteiger charge is -2.12. The zero-order valence-electron chi connectivity index (χ0n) is 18.4. The first-order chi connectivity index (χ1) is 14.7. The van der Waals surface area contributed by atoms with Gasteiger partial charge in [-0.15, -0.1) is 0 Å². The Morgan fingerprint density at radius 2 is 2.13 bits per heavy atom. The minimum atomic E-state index is -0.578. The molecule has 30 heavy (non-hydrogen) atoms. The summed E-state index contributed by atoms with van der Waals surface area (Å²) in [7, 11) is 0. The number of ether oxygens (including phenoxy) is 1. The normalized spacial score (nSPS) is 16.5. The summed E-state index contributed by atoms with van der Waals surface area (Å²) in [4.78, 5) is 21.6. The number of pyridine rings is 1. The average molecular weight is 406 g/mol. The van der Waals surface area contributed by atoms with Gasteiger partial charge in [-0.2, -0.15) is 5.26 Å². The second kappa shape index (κ2) is 11.9. The topological polar surface area (TPSA) is 75.3 Å². The third kappa shape index (κ3) is 5.33. The first kappa shape index (κ1) is 23.3. The molecule has 1 atom stereocenters. The maximum Gasteiger partial charge on any atom is 0.349 e. The fourth-order valence-electron chi connectivity index (χ4n) is 3.47. The van der Waals surface area contributed by atoms with E-state index in [1.165, 1.54) is 6.42 Å². The number of unbranched alkanes of at least 4 members (excludes halogenated alkanes) is 1. The maximum atomic E-state index is 12.7. The smallest absolute Gasteiger partial charge is 0.349 e. The number of carbonyl (C=O) groups is 1. The van der Waals surface area contributed by atoms with E-state index in [-0.39, 0.29) is 5.57 Å². The molecule has 3 rings (SSSR count). The minimum Gasteiger partial charge on any atom is -0.462 e. The predicted molar refractivity (Wildman–Crippen MR) is 122 cm³/mol. The Morgan fingerprint density at radius 3 is 2.87 bits per heavy atom. The van der Waals surface area contributed by atoms with Gasteiger partial charge in [0.2, 0.25) is 0 Å². The number of nitriles is 1. The Labute approximate surface area is 179 Å².